The number of carbonyl (C=O) groups is 1. The molecular formula is C11H23N3O. The van der Waals surface area contributed by atoms with Gasteiger partial charge in [0.15, 0.2) is 0 Å². The van der Waals surface area contributed by atoms with Crippen LogP contribution in [0.5, 0.6) is 0 Å². The Morgan fingerprint density at radius 2 is 2.27 bits per heavy atom. The average molecular weight is 213 g/mol. The van der Waals surface area contributed by atoms with Gasteiger partial charge in [-0.15, -0.1) is 0 Å². The minimum absolute atomic E-state index is 0.0319. The highest BCUT2D eigenvalue weighted by Gasteiger charge is 2.38. The van der Waals surface area contributed by atoms with Crippen molar-refractivity contribution < 1.29 is 4.79 Å². The molecule has 0 aromatic carbocycles. The van der Waals surface area contributed by atoms with E-state index in [0.717, 1.165) is 25.9 Å². The number of nitrogens with two attached hydrogens (primary N) is 1. The van der Waals surface area contributed by atoms with Crippen LogP contribution in [0.4, 0.5) is 4.79 Å². The number of unbranched alkanes of at least 4 members (excludes halogenated alkanes) is 1. The van der Waals surface area contributed by atoms with Crippen molar-refractivity contribution in [1.82, 2.24) is 10.2 Å². The molecule has 0 aromatic rings. The standard InChI is InChI=1S/C11H23N3O/c1-4-5-6-13-10(15)14-7-9(12)11(2,3)8-14/h9H,4-8,12H2,1-3H3,(H,13,15). The summed E-state index contributed by atoms with van der Waals surface area (Å²) in [7, 11) is 0. The number of rotatable bonds is 3. The Morgan fingerprint density at radius 1 is 1.60 bits per heavy atom. The Labute approximate surface area is 92.2 Å². The van der Waals surface area contributed by atoms with Gasteiger partial charge in [0.25, 0.3) is 0 Å². The van der Waals surface area contributed by atoms with Crippen molar-refractivity contribution in [3.8, 4) is 0 Å². The Bertz CT molecular complexity index is 228. The molecule has 4 nitrogen and oxygen atoms in total. The zero-order valence-corrected chi connectivity index (χ0v) is 10.0. The molecule has 0 spiro atoms. The molecule has 1 heterocycles. The SMILES string of the molecule is CCCCNC(=O)N1CC(N)C(C)(C)C1. The Morgan fingerprint density at radius 3 is 2.73 bits per heavy atom. The third-order valence-electron chi connectivity index (χ3n) is 3.11. The Balaban J connectivity index is 2.36. The van der Waals surface area contributed by atoms with Crippen LogP contribution in [-0.4, -0.2) is 36.6 Å². The molecule has 3 N–H and O–H groups in total. The second-order valence-corrected chi connectivity index (χ2v) is 5.06. The van der Waals surface area contributed by atoms with Gasteiger partial charge in [-0.1, -0.05) is 27.2 Å². The average Bonchev–Trinajstić information content (AvgIpc) is 2.42. The molecule has 0 radical (unpaired) electrons. The molecule has 0 aliphatic carbocycles. The second-order valence-electron chi connectivity index (χ2n) is 5.06. The van der Waals surface area contributed by atoms with E-state index in [1.54, 1.807) is 0 Å². The van der Waals surface area contributed by atoms with E-state index < -0.39 is 0 Å². The van der Waals surface area contributed by atoms with Gasteiger partial charge in [-0.05, 0) is 11.8 Å². The number of likely N-dealkylation sites (tertiary alicyclic amines) is 1. The lowest BCUT2D eigenvalue weighted by Crippen LogP contribution is -2.40. The van der Waals surface area contributed by atoms with Gasteiger partial charge in [0.1, 0.15) is 0 Å². The summed E-state index contributed by atoms with van der Waals surface area (Å²) in [6, 6.07) is 0.124. The smallest absolute Gasteiger partial charge is 0.317 e. The molecule has 0 saturated carbocycles. The normalized spacial score (nSPS) is 24.3. The highest BCUT2D eigenvalue weighted by molar-refractivity contribution is 5.74. The number of hydrogen-bond donors (Lipinski definition) is 2. The molecule has 1 atom stereocenters. The molecule has 1 unspecified atom stereocenters. The minimum Gasteiger partial charge on any atom is -0.338 e. The summed E-state index contributed by atoms with van der Waals surface area (Å²) < 4.78 is 0. The van der Waals surface area contributed by atoms with E-state index in [1.807, 2.05) is 4.90 Å². The van der Waals surface area contributed by atoms with Crippen molar-refractivity contribution in [1.29, 1.82) is 0 Å². The topological polar surface area (TPSA) is 58.4 Å². The first-order valence-electron chi connectivity index (χ1n) is 5.75. The number of nitrogens with zero attached hydrogens (tertiary/aromatic N) is 1. The summed E-state index contributed by atoms with van der Waals surface area (Å²) in [5, 5.41) is 2.92. The molecule has 88 valence electrons. The Hall–Kier alpha value is -0.770. The first kappa shape index (κ1) is 12.3. The monoisotopic (exact) mass is 213 g/mol. The molecule has 4 heteroatoms. The quantitative estimate of drug-likeness (QED) is 0.691. The molecule has 1 aliphatic rings. The maximum atomic E-state index is 11.7. The third kappa shape index (κ3) is 3.09. The third-order valence-corrected chi connectivity index (χ3v) is 3.11. The fourth-order valence-electron chi connectivity index (χ4n) is 1.80. The molecule has 1 saturated heterocycles. The van der Waals surface area contributed by atoms with E-state index in [0.29, 0.717) is 6.54 Å². The van der Waals surface area contributed by atoms with Gasteiger partial charge >= 0.3 is 6.03 Å². The molecule has 0 aromatic heterocycles. The van der Waals surface area contributed by atoms with Gasteiger partial charge < -0.3 is 16.0 Å². The molecule has 2 amide bonds. The lowest BCUT2D eigenvalue weighted by molar-refractivity contribution is 0.203. The summed E-state index contributed by atoms with van der Waals surface area (Å²) in [6.45, 7) is 8.52. The van der Waals surface area contributed by atoms with Crippen LogP contribution in [0.15, 0.2) is 0 Å². The summed E-state index contributed by atoms with van der Waals surface area (Å²) in [5.74, 6) is 0. The molecule has 1 rings (SSSR count). The number of hydrogen-bond acceptors (Lipinski definition) is 2. The lowest BCUT2D eigenvalue weighted by atomic mass is 9.89. The lowest BCUT2D eigenvalue weighted by Gasteiger charge is -2.21. The van der Waals surface area contributed by atoms with E-state index in [4.69, 9.17) is 5.73 Å². The number of nitrogens with one attached hydrogen (secondary N) is 1. The minimum atomic E-state index is 0.0319. The predicted octanol–water partition coefficient (Wildman–Crippen LogP) is 1.17. The van der Waals surface area contributed by atoms with Crippen LogP contribution in [0.25, 0.3) is 0 Å². The van der Waals surface area contributed by atoms with E-state index >= 15 is 0 Å². The maximum absolute atomic E-state index is 11.7. The van der Waals surface area contributed by atoms with Crippen LogP contribution in [0.2, 0.25) is 0 Å². The van der Waals surface area contributed by atoms with Gasteiger partial charge in [0.05, 0.1) is 0 Å². The summed E-state index contributed by atoms with van der Waals surface area (Å²) >= 11 is 0. The van der Waals surface area contributed by atoms with Crippen LogP contribution >= 0.6 is 0 Å². The van der Waals surface area contributed by atoms with Crippen LogP contribution in [-0.2, 0) is 0 Å². The van der Waals surface area contributed by atoms with E-state index in [2.05, 4.69) is 26.1 Å². The molecule has 15 heavy (non-hydrogen) atoms. The highest BCUT2D eigenvalue weighted by Crippen LogP contribution is 2.27. The van der Waals surface area contributed by atoms with Crippen molar-refractivity contribution in [3.63, 3.8) is 0 Å². The van der Waals surface area contributed by atoms with Gasteiger partial charge in [0, 0.05) is 25.7 Å². The van der Waals surface area contributed by atoms with Gasteiger partial charge in [-0.3, -0.25) is 0 Å². The fourth-order valence-corrected chi connectivity index (χ4v) is 1.80. The number of carbonyl (C=O) groups excluding carboxylic acids is 1. The first-order chi connectivity index (χ1) is 6.97. The van der Waals surface area contributed by atoms with Gasteiger partial charge in [-0.2, -0.15) is 0 Å². The van der Waals surface area contributed by atoms with Crippen LogP contribution < -0.4 is 11.1 Å². The van der Waals surface area contributed by atoms with Crippen molar-refractivity contribution in [3.05, 3.63) is 0 Å². The maximum Gasteiger partial charge on any atom is 0.317 e. The van der Waals surface area contributed by atoms with Crippen LogP contribution in [0, 0.1) is 5.41 Å². The molecular weight excluding hydrogens is 190 g/mol. The summed E-state index contributed by atoms with van der Waals surface area (Å²) in [5.41, 5.74) is 6.02. The zero-order chi connectivity index (χ0) is 11.5. The van der Waals surface area contributed by atoms with Crippen molar-refractivity contribution in [2.24, 2.45) is 11.1 Å². The predicted molar refractivity (Wildman–Crippen MR) is 61.6 cm³/mol. The van der Waals surface area contributed by atoms with E-state index in [-0.39, 0.29) is 17.5 Å². The summed E-state index contributed by atoms with van der Waals surface area (Å²) in [6.07, 6.45) is 2.14. The first-order valence-corrected chi connectivity index (χ1v) is 5.75. The van der Waals surface area contributed by atoms with E-state index in [9.17, 15) is 4.79 Å². The summed E-state index contributed by atoms with van der Waals surface area (Å²) in [4.78, 5) is 13.5. The largest absolute Gasteiger partial charge is 0.338 e. The van der Waals surface area contributed by atoms with Gasteiger partial charge in [-0.25, -0.2) is 4.79 Å². The van der Waals surface area contributed by atoms with Crippen molar-refractivity contribution in [2.75, 3.05) is 19.6 Å². The molecule has 1 aliphatic heterocycles. The molecule has 0 bridgehead atoms. The second kappa shape index (κ2) is 4.84. The van der Waals surface area contributed by atoms with Crippen molar-refractivity contribution in [2.45, 2.75) is 39.7 Å². The zero-order valence-electron chi connectivity index (χ0n) is 10.0. The number of urea groups is 1. The highest BCUT2D eigenvalue weighted by atomic mass is 16.2. The van der Waals surface area contributed by atoms with Gasteiger partial charge in [0.2, 0.25) is 0 Å². The molecule has 1 fully saturated rings. The van der Waals surface area contributed by atoms with Crippen LogP contribution in [0.1, 0.15) is 33.6 Å². The number of amides is 2. The van der Waals surface area contributed by atoms with Crippen LogP contribution in [0.3, 0.4) is 0 Å². The Kier molecular flexibility index (Phi) is 3.97. The van der Waals surface area contributed by atoms with Crippen molar-refractivity contribution >= 4 is 6.03 Å². The van der Waals surface area contributed by atoms with E-state index in [1.165, 1.54) is 0 Å². The fraction of sp³-hybridized carbons (Fsp3) is 0.909.